The van der Waals surface area contributed by atoms with Crippen LogP contribution in [-0.2, 0) is 0 Å². The van der Waals surface area contributed by atoms with E-state index in [0.717, 1.165) is 6.20 Å². The monoisotopic (exact) mass is 252 g/mol. The van der Waals surface area contributed by atoms with Gasteiger partial charge in [0.05, 0.1) is 26.8 Å². The maximum atomic E-state index is 12.1. The molecular weight excluding hydrogens is 241 g/mol. The van der Waals surface area contributed by atoms with E-state index >= 15 is 0 Å². The van der Waals surface area contributed by atoms with Gasteiger partial charge in [-0.15, -0.1) is 0 Å². The highest BCUT2D eigenvalue weighted by Gasteiger charge is 2.34. The molecule has 1 N–H and O–H groups in total. The Morgan fingerprint density at radius 3 is 2.47 bits per heavy atom. The second kappa shape index (κ2) is 5.17. The van der Waals surface area contributed by atoms with Crippen molar-refractivity contribution in [3.8, 4) is 11.8 Å². The summed E-state index contributed by atoms with van der Waals surface area (Å²) in [6.45, 7) is 0. The molecule has 1 atom stereocenters. The molecule has 0 fully saturated rings. The normalized spacial score (nSPS) is 13.3. The van der Waals surface area contributed by atoms with Gasteiger partial charge in [-0.25, -0.2) is 4.98 Å². The molecule has 0 bridgehead atoms. The molecule has 1 unspecified atom stereocenters. The van der Waals surface area contributed by atoms with Gasteiger partial charge in [0, 0.05) is 0 Å². The third kappa shape index (κ3) is 3.74. The number of aliphatic hydroxyl groups excluding tert-OH is 1. The first-order chi connectivity index (χ1) is 7.87. The van der Waals surface area contributed by atoms with Crippen LogP contribution in [0.5, 0.6) is 11.8 Å². The molecule has 8 heteroatoms. The fourth-order valence-corrected chi connectivity index (χ4v) is 1.16. The van der Waals surface area contributed by atoms with Gasteiger partial charge in [0.15, 0.2) is 0 Å². The Balaban J connectivity index is 2.96. The number of hydrogen-bond donors (Lipinski definition) is 1. The van der Waals surface area contributed by atoms with Gasteiger partial charge < -0.3 is 14.6 Å². The van der Waals surface area contributed by atoms with Crippen LogP contribution in [0, 0.1) is 0 Å². The Labute approximate surface area is 95.2 Å². The highest BCUT2D eigenvalue weighted by atomic mass is 19.4. The number of methoxy groups -OCH3 is 2. The molecule has 17 heavy (non-hydrogen) atoms. The molecule has 1 aromatic rings. The van der Waals surface area contributed by atoms with Crippen LogP contribution >= 0.6 is 0 Å². The largest absolute Gasteiger partial charge is 0.480 e. The first-order valence-electron chi connectivity index (χ1n) is 4.57. The van der Waals surface area contributed by atoms with Gasteiger partial charge in [-0.3, -0.25) is 0 Å². The van der Waals surface area contributed by atoms with Crippen LogP contribution in [0.4, 0.5) is 13.2 Å². The number of aromatic nitrogens is 2. The van der Waals surface area contributed by atoms with Crippen molar-refractivity contribution in [1.29, 1.82) is 0 Å². The van der Waals surface area contributed by atoms with Gasteiger partial charge in [-0.05, 0) is 0 Å². The first-order valence-corrected chi connectivity index (χ1v) is 4.57. The fourth-order valence-electron chi connectivity index (χ4n) is 1.16. The maximum Gasteiger partial charge on any atom is 0.391 e. The smallest absolute Gasteiger partial charge is 0.391 e. The van der Waals surface area contributed by atoms with Gasteiger partial charge in [-0.1, -0.05) is 0 Å². The Morgan fingerprint density at radius 2 is 2.00 bits per heavy atom. The maximum absolute atomic E-state index is 12.1. The molecular formula is C9H11F3N2O3. The Kier molecular flexibility index (Phi) is 4.11. The lowest BCUT2D eigenvalue weighted by Gasteiger charge is -2.14. The lowest BCUT2D eigenvalue weighted by molar-refractivity contribution is -0.154. The number of rotatable bonds is 4. The molecule has 1 heterocycles. The van der Waals surface area contributed by atoms with Gasteiger partial charge in [0.25, 0.3) is 0 Å². The molecule has 5 nitrogen and oxygen atoms in total. The third-order valence-corrected chi connectivity index (χ3v) is 1.89. The molecule has 0 aliphatic carbocycles. The first kappa shape index (κ1) is 13.5. The molecule has 0 amide bonds. The number of ether oxygens (including phenoxy) is 2. The van der Waals surface area contributed by atoms with Crippen LogP contribution in [0.2, 0.25) is 0 Å². The van der Waals surface area contributed by atoms with E-state index < -0.39 is 18.7 Å². The summed E-state index contributed by atoms with van der Waals surface area (Å²) in [5.74, 6) is -0.106. The Bertz CT molecular complexity index is 384. The summed E-state index contributed by atoms with van der Waals surface area (Å²) in [5.41, 5.74) is -0.273. The van der Waals surface area contributed by atoms with Crippen molar-refractivity contribution in [1.82, 2.24) is 9.97 Å². The highest BCUT2D eigenvalue weighted by molar-refractivity contribution is 5.24. The predicted octanol–water partition coefficient (Wildman–Crippen LogP) is 1.48. The van der Waals surface area contributed by atoms with Crippen LogP contribution in [0.3, 0.4) is 0 Å². The Hall–Kier alpha value is -1.57. The topological polar surface area (TPSA) is 64.5 Å². The second-order valence-corrected chi connectivity index (χ2v) is 3.14. The van der Waals surface area contributed by atoms with E-state index in [1.807, 2.05) is 0 Å². The number of halogens is 3. The van der Waals surface area contributed by atoms with Crippen molar-refractivity contribution in [2.45, 2.75) is 18.7 Å². The van der Waals surface area contributed by atoms with Gasteiger partial charge >= 0.3 is 6.18 Å². The van der Waals surface area contributed by atoms with Crippen molar-refractivity contribution in [2.75, 3.05) is 14.2 Å². The molecule has 1 rings (SSSR count). The minimum atomic E-state index is -4.49. The lowest BCUT2D eigenvalue weighted by atomic mass is 10.2. The summed E-state index contributed by atoms with van der Waals surface area (Å²) >= 11 is 0. The lowest BCUT2D eigenvalue weighted by Crippen LogP contribution is -2.15. The molecule has 0 saturated heterocycles. The molecule has 0 spiro atoms. The van der Waals surface area contributed by atoms with Gasteiger partial charge in [0.1, 0.15) is 11.8 Å². The number of nitrogens with zero attached hydrogens (tertiary/aromatic N) is 2. The molecule has 0 radical (unpaired) electrons. The summed E-state index contributed by atoms with van der Waals surface area (Å²) in [6.07, 6.45) is -6.61. The van der Waals surface area contributed by atoms with Crippen LogP contribution in [0.25, 0.3) is 0 Å². The average Bonchev–Trinajstić information content (AvgIpc) is 2.25. The van der Waals surface area contributed by atoms with Crippen molar-refractivity contribution < 1.29 is 27.8 Å². The summed E-state index contributed by atoms with van der Waals surface area (Å²) in [6, 6.07) is 0. The molecule has 0 aliphatic heterocycles. The van der Waals surface area contributed by atoms with Crippen LogP contribution in [0.1, 0.15) is 18.2 Å². The van der Waals surface area contributed by atoms with E-state index in [1.165, 1.54) is 14.2 Å². The predicted molar refractivity (Wildman–Crippen MR) is 50.8 cm³/mol. The summed E-state index contributed by atoms with van der Waals surface area (Å²) in [7, 11) is 2.54. The highest BCUT2D eigenvalue weighted by Crippen LogP contribution is 2.32. The van der Waals surface area contributed by atoms with Crippen molar-refractivity contribution in [3.05, 3.63) is 11.9 Å². The van der Waals surface area contributed by atoms with Crippen molar-refractivity contribution in [3.63, 3.8) is 0 Å². The van der Waals surface area contributed by atoms with Crippen molar-refractivity contribution in [2.24, 2.45) is 0 Å². The average molecular weight is 252 g/mol. The van der Waals surface area contributed by atoms with E-state index in [-0.39, 0.29) is 17.5 Å². The molecule has 1 aromatic heterocycles. The zero-order chi connectivity index (χ0) is 13.1. The van der Waals surface area contributed by atoms with E-state index in [2.05, 4.69) is 9.97 Å². The SMILES string of the molecule is COc1cnc(C(O)CC(F)(F)F)c(OC)n1. The van der Waals surface area contributed by atoms with Crippen molar-refractivity contribution >= 4 is 0 Å². The zero-order valence-corrected chi connectivity index (χ0v) is 9.15. The summed E-state index contributed by atoms with van der Waals surface area (Å²) in [5, 5.41) is 9.39. The number of aliphatic hydroxyl groups is 1. The van der Waals surface area contributed by atoms with Crippen LogP contribution in [0.15, 0.2) is 6.20 Å². The minimum Gasteiger partial charge on any atom is -0.480 e. The Morgan fingerprint density at radius 1 is 1.35 bits per heavy atom. The number of alkyl halides is 3. The van der Waals surface area contributed by atoms with Crippen LogP contribution in [-0.4, -0.2) is 35.5 Å². The minimum absolute atomic E-state index is 0.0878. The standard InChI is InChI=1S/C9H11F3N2O3/c1-16-6-4-13-7(8(14-6)17-2)5(15)3-9(10,11)12/h4-5,15H,3H2,1-2H3. The molecule has 0 saturated carbocycles. The zero-order valence-electron chi connectivity index (χ0n) is 9.15. The number of hydrogen-bond acceptors (Lipinski definition) is 5. The third-order valence-electron chi connectivity index (χ3n) is 1.89. The molecule has 0 aromatic carbocycles. The van der Waals surface area contributed by atoms with Gasteiger partial charge in [0.2, 0.25) is 11.8 Å². The fraction of sp³-hybridized carbons (Fsp3) is 0.556. The molecule has 96 valence electrons. The molecule has 0 aliphatic rings. The van der Waals surface area contributed by atoms with E-state index in [1.54, 1.807) is 0 Å². The van der Waals surface area contributed by atoms with Crippen LogP contribution < -0.4 is 9.47 Å². The van der Waals surface area contributed by atoms with Gasteiger partial charge in [-0.2, -0.15) is 18.2 Å². The summed E-state index contributed by atoms with van der Waals surface area (Å²) in [4.78, 5) is 7.37. The van der Waals surface area contributed by atoms with E-state index in [0.29, 0.717) is 0 Å². The quantitative estimate of drug-likeness (QED) is 0.879. The second-order valence-electron chi connectivity index (χ2n) is 3.14. The van der Waals surface area contributed by atoms with E-state index in [4.69, 9.17) is 9.47 Å². The summed E-state index contributed by atoms with van der Waals surface area (Å²) < 4.78 is 45.8. The van der Waals surface area contributed by atoms with E-state index in [9.17, 15) is 18.3 Å².